The zero-order valence-electron chi connectivity index (χ0n) is 13.1. The van der Waals surface area contributed by atoms with Crippen LogP contribution in [-0.4, -0.2) is 18.6 Å². The van der Waals surface area contributed by atoms with Gasteiger partial charge in [-0.15, -0.1) is 0 Å². The Morgan fingerprint density at radius 3 is 2.81 bits per heavy atom. The summed E-state index contributed by atoms with van der Waals surface area (Å²) in [5, 5.41) is 4.48. The first kappa shape index (κ1) is 15.2. The maximum atomic E-state index is 6.59. The van der Waals surface area contributed by atoms with Crippen LogP contribution in [0.25, 0.3) is 0 Å². The molecule has 3 heteroatoms. The quantitative estimate of drug-likeness (QED) is 0.816. The second-order valence-electron chi connectivity index (χ2n) is 6.57. The normalized spacial score (nSPS) is 22.6. The third kappa shape index (κ3) is 3.92. The lowest BCUT2D eigenvalue weighted by molar-refractivity contribution is 0.435. The van der Waals surface area contributed by atoms with Crippen molar-refractivity contribution >= 4 is 17.3 Å². The van der Waals surface area contributed by atoms with Gasteiger partial charge in [0.2, 0.25) is 0 Å². The number of anilines is 1. The fraction of sp³-hybridized carbons (Fsp3) is 0.667. The molecule has 1 aromatic carbocycles. The van der Waals surface area contributed by atoms with E-state index in [1.165, 1.54) is 56.2 Å². The topological polar surface area (TPSA) is 15.3 Å². The average molecular weight is 307 g/mol. The molecule has 1 aliphatic heterocycles. The Labute approximate surface area is 133 Å². The summed E-state index contributed by atoms with van der Waals surface area (Å²) in [5.74, 6) is 0. The molecule has 1 aromatic rings. The summed E-state index contributed by atoms with van der Waals surface area (Å²) >= 11 is 6.59. The van der Waals surface area contributed by atoms with Crippen LogP contribution in [0.1, 0.15) is 57.4 Å². The van der Waals surface area contributed by atoms with Crippen molar-refractivity contribution in [1.82, 2.24) is 5.32 Å². The molecule has 0 radical (unpaired) electrons. The molecule has 1 unspecified atom stereocenters. The second-order valence-corrected chi connectivity index (χ2v) is 6.98. The Morgan fingerprint density at radius 1 is 1.24 bits per heavy atom. The molecule has 2 fully saturated rings. The predicted octanol–water partition coefficient (Wildman–Crippen LogP) is 4.75. The number of hydrogen-bond donors (Lipinski definition) is 1. The maximum Gasteiger partial charge on any atom is 0.0642 e. The third-order valence-electron chi connectivity index (χ3n) is 4.74. The van der Waals surface area contributed by atoms with Crippen molar-refractivity contribution in [2.45, 2.75) is 70.5 Å². The minimum absolute atomic E-state index is 0.677. The Bertz CT molecular complexity index is 468. The predicted molar refractivity (Wildman–Crippen MR) is 91.2 cm³/mol. The lowest BCUT2D eigenvalue weighted by Gasteiger charge is -2.38. The minimum atomic E-state index is 0.677. The Morgan fingerprint density at radius 2 is 2.10 bits per heavy atom. The fourth-order valence-corrected chi connectivity index (χ4v) is 3.71. The number of nitrogens with zero attached hydrogens (tertiary/aromatic N) is 1. The molecule has 1 aliphatic carbocycles. The summed E-state index contributed by atoms with van der Waals surface area (Å²) in [4.78, 5) is 2.55. The maximum absolute atomic E-state index is 6.59. The molecule has 3 rings (SSSR count). The highest BCUT2D eigenvalue weighted by Gasteiger charge is 2.24. The summed E-state index contributed by atoms with van der Waals surface area (Å²) in [6.07, 6.45) is 9.17. The highest BCUT2D eigenvalue weighted by Crippen LogP contribution is 2.33. The largest absolute Gasteiger partial charge is 0.367 e. The number of piperidine rings is 1. The summed E-state index contributed by atoms with van der Waals surface area (Å²) in [7, 11) is 0. The lowest BCUT2D eigenvalue weighted by atomic mass is 9.97. The van der Waals surface area contributed by atoms with E-state index in [1.54, 1.807) is 0 Å². The van der Waals surface area contributed by atoms with Crippen LogP contribution in [0.2, 0.25) is 5.02 Å². The summed E-state index contributed by atoms with van der Waals surface area (Å²) in [5.41, 5.74) is 2.55. The smallest absolute Gasteiger partial charge is 0.0642 e. The molecule has 0 bridgehead atoms. The molecule has 2 aliphatic rings. The molecule has 1 saturated heterocycles. The van der Waals surface area contributed by atoms with E-state index in [2.05, 4.69) is 35.3 Å². The zero-order chi connectivity index (χ0) is 14.7. The second kappa shape index (κ2) is 7.02. The van der Waals surface area contributed by atoms with Gasteiger partial charge in [0.1, 0.15) is 0 Å². The molecule has 21 heavy (non-hydrogen) atoms. The van der Waals surface area contributed by atoms with Crippen molar-refractivity contribution in [3.05, 3.63) is 28.8 Å². The summed E-state index contributed by atoms with van der Waals surface area (Å²) in [6.45, 7) is 4.38. The van der Waals surface area contributed by atoms with Crippen LogP contribution in [0.3, 0.4) is 0 Å². The van der Waals surface area contributed by atoms with Gasteiger partial charge in [0.05, 0.1) is 10.7 Å². The van der Waals surface area contributed by atoms with Crippen LogP contribution >= 0.6 is 11.6 Å². The molecule has 0 spiro atoms. The van der Waals surface area contributed by atoms with Crippen molar-refractivity contribution < 1.29 is 0 Å². The van der Waals surface area contributed by atoms with Gasteiger partial charge in [-0.2, -0.15) is 0 Å². The summed E-state index contributed by atoms with van der Waals surface area (Å²) < 4.78 is 0. The molecule has 0 aromatic heterocycles. The Hall–Kier alpha value is -0.730. The van der Waals surface area contributed by atoms with E-state index in [0.717, 1.165) is 24.2 Å². The molecule has 1 N–H and O–H groups in total. The number of halogens is 1. The van der Waals surface area contributed by atoms with E-state index in [0.29, 0.717) is 6.04 Å². The molecule has 116 valence electrons. The van der Waals surface area contributed by atoms with E-state index in [9.17, 15) is 0 Å². The van der Waals surface area contributed by atoms with Gasteiger partial charge < -0.3 is 10.2 Å². The lowest BCUT2D eigenvalue weighted by Crippen LogP contribution is -2.39. The number of nitrogens with one attached hydrogen (secondary N) is 1. The van der Waals surface area contributed by atoms with Gasteiger partial charge in [0, 0.05) is 25.2 Å². The van der Waals surface area contributed by atoms with Gasteiger partial charge in [-0.3, -0.25) is 0 Å². The first-order chi connectivity index (χ1) is 10.3. The number of benzene rings is 1. The van der Waals surface area contributed by atoms with Crippen LogP contribution in [0, 0.1) is 0 Å². The monoisotopic (exact) mass is 306 g/mol. The molecule has 1 atom stereocenters. The van der Waals surface area contributed by atoms with Crippen molar-refractivity contribution in [2.24, 2.45) is 0 Å². The van der Waals surface area contributed by atoms with E-state index in [4.69, 9.17) is 11.6 Å². The molecule has 0 amide bonds. The van der Waals surface area contributed by atoms with Crippen LogP contribution in [0.15, 0.2) is 18.2 Å². The van der Waals surface area contributed by atoms with Gasteiger partial charge in [0.15, 0.2) is 0 Å². The van der Waals surface area contributed by atoms with E-state index >= 15 is 0 Å². The van der Waals surface area contributed by atoms with Crippen molar-refractivity contribution in [3.63, 3.8) is 0 Å². The van der Waals surface area contributed by atoms with Crippen molar-refractivity contribution in [3.8, 4) is 0 Å². The van der Waals surface area contributed by atoms with Gasteiger partial charge in [0.25, 0.3) is 0 Å². The van der Waals surface area contributed by atoms with Crippen LogP contribution in [0.5, 0.6) is 0 Å². The highest BCUT2D eigenvalue weighted by molar-refractivity contribution is 6.33. The standard InChI is InChI=1S/C18H27ClN2/c1-2-5-16-6-3-4-11-21(16)18-10-7-14(12-17(18)19)13-20-15-8-9-15/h7,10,12,15-16,20H,2-6,8-9,11,13H2,1H3. The van der Waals surface area contributed by atoms with Crippen LogP contribution in [-0.2, 0) is 6.54 Å². The Kier molecular flexibility index (Phi) is 5.07. The molecule has 1 heterocycles. The molecule has 2 nitrogen and oxygen atoms in total. The van der Waals surface area contributed by atoms with Gasteiger partial charge in [-0.25, -0.2) is 0 Å². The number of rotatable bonds is 6. The average Bonchev–Trinajstić information content (AvgIpc) is 3.31. The Balaban J connectivity index is 1.70. The fourth-order valence-electron chi connectivity index (χ4n) is 3.39. The zero-order valence-corrected chi connectivity index (χ0v) is 13.8. The van der Waals surface area contributed by atoms with Crippen molar-refractivity contribution in [1.29, 1.82) is 0 Å². The van der Waals surface area contributed by atoms with Crippen molar-refractivity contribution in [2.75, 3.05) is 11.4 Å². The molecular weight excluding hydrogens is 280 g/mol. The SMILES string of the molecule is CCCC1CCCCN1c1ccc(CNC2CC2)cc1Cl. The van der Waals surface area contributed by atoms with E-state index < -0.39 is 0 Å². The van der Waals surface area contributed by atoms with E-state index in [1.807, 2.05) is 0 Å². The third-order valence-corrected chi connectivity index (χ3v) is 5.05. The minimum Gasteiger partial charge on any atom is -0.367 e. The van der Waals surface area contributed by atoms with E-state index in [-0.39, 0.29) is 0 Å². The first-order valence-electron chi connectivity index (χ1n) is 8.56. The summed E-state index contributed by atoms with van der Waals surface area (Å²) in [6, 6.07) is 8.06. The molecular formula is C18H27ClN2. The van der Waals surface area contributed by atoms with Crippen LogP contribution < -0.4 is 10.2 Å². The van der Waals surface area contributed by atoms with Gasteiger partial charge in [-0.1, -0.05) is 31.0 Å². The van der Waals surface area contributed by atoms with Crippen LogP contribution in [0.4, 0.5) is 5.69 Å². The number of hydrogen-bond acceptors (Lipinski definition) is 2. The van der Waals surface area contributed by atoms with Gasteiger partial charge in [-0.05, 0) is 56.2 Å². The van der Waals surface area contributed by atoms with Gasteiger partial charge >= 0.3 is 0 Å². The highest BCUT2D eigenvalue weighted by atomic mass is 35.5. The first-order valence-corrected chi connectivity index (χ1v) is 8.94. The molecule has 1 saturated carbocycles.